The first-order valence-corrected chi connectivity index (χ1v) is 7.60. The molecule has 1 atom stereocenters. The number of hydrogen-bond acceptors (Lipinski definition) is 4. The lowest BCUT2D eigenvalue weighted by Gasteiger charge is -2.19. The van der Waals surface area contributed by atoms with E-state index in [1.807, 2.05) is 30.3 Å². The van der Waals surface area contributed by atoms with Crippen LogP contribution in [0.4, 0.5) is 0 Å². The normalized spacial score (nSPS) is 11.7. The number of aromatic nitrogens is 3. The summed E-state index contributed by atoms with van der Waals surface area (Å²) in [6, 6.07) is 16.6. The maximum atomic E-state index is 12.6. The fourth-order valence-corrected chi connectivity index (χ4v) is 2.40. The third kappa shape index (κ3) is 3.78. The van der Waals surface area contributed by atoms with E-state index in [2.05, 4.69) is 15.5 Å². The van der Waals surface area contributed by atoms with Crippen LogP contribution in [0.25, 0.3) is 0 Å². The number of ether oxygens (including phenoxy) is 1. The quantitative estimate of drug-likeness (QED) is 0.757. The van der Waals surface area contributed by atoms with Gasteiger partial charge in [-0.2, -0.15) is 15.0 Å². The Morgan fingerprint density at radius 3 is 2.38 bits per heavy atom. The van der Waals surface area contributed by atoms with Gasteiger partial charge in [0.2, 0.25) is 0 Å². The van der Waals surface area contributed by atoms with E-state index in [9.17, 15) is 4.79 Å². The summed E-state index contributed by atoms with van der Waals surface area (Å²) in [6.07, 6.45) is 3.24. The van der Waals surface area contributed by atoms with Gasteiger partial charge in [0.05, 0.1) is 32.1 Å². The molecular formula is C18H18N4O2. The second kappa shape index (κ2) is 7.41. The minimum absolute atomic E-state index is 0.154. The maximum absolute atomic E-state index is 12.6. The molecular weight excluding hydrogens is 304 g/mol. The zero-order valence-electron chi connectivity index (χ0n) is 13.3. The second-order valence-corrected chi connectivity index (χ2v) is 5.25. The van der Waals surface area contributed by atoms with Gasteiger partial charge in [0.25, 0.3) is 5.91 Å². The molecule has 2 aromatic carbocycles. The van der Waals surface area contributed by atoms with Crippen molar-refractivity contribution in [1.82, 2.24) is 20.3 Å². The van der Waals surface area contributed by atoms with Crippen LogP contribution in [0.3, 0.4) is 0 Å². The maximum Gasteiger partial charge on any atom is 0.251 e. The van der Waals surface area contributed by atoms with E-state index in [0.717, 1.165) is 5.56 Å². The molecule has 0 aliphatic carbocycles. The molecule has 6 heteroatoms. The van der Waals surface area contributed by atoms with Gasteiger partial charge < -0.3 is 10.1 Å². The molecule has 0 fully saturated rings. The summed E-state index contributed by atoms with van der Waals surface area (Å²) in [7, 11) is 1.59. The lowest BCUT2D eigenvalue weighted by Crippen LogP contribution is -2.32. The van der Waals surface area contributed by atoms with Gasteiger partial charge in [0.1, 0.15) is 5.75 Å². The number of carbonyl (C=O) groups excluding carboxylic acids is 1. The van der Waals surface area contributed by atoms with E-state index in [-0.39, 0.29) is 11.9 Å². The number of carbonyl (C=O) groups is 1. The summed E-state index contributed by atoms with van der Waals surface area (Å²) in [6.45, 7) is 0.457. The smallest absolute Gasteiger partial charge is 0.251 e. The first-order chi connectivity index (χ1) is 11.8. The summed E-state index contributed by atoms with van der Waals surface area (Å²) in [4.78, 5) is 14.1. The molecule has 122 valence electrons. The third-order valence-electron chi connectivity index (χ3n) is 3.67. The van der Waals surface area contributed by atoms with E-state index in [1.54, 1.807) is 48.6 Å². The van der Waals surface area contributed by atoms with Crippen molar-refractivity contribution in [3.05, 3.63) is 78.1 Å². The molecule has 0 aliphatic rings. The van der Waals surface area contributed by atoms with E-state index in [1.165, 1.54) is 0 Å². The van der Waals surface area contributed by atoms with Crippen molar-refractivity contribution in [1.29, 1.82) is 0 Å². The number of amides is 1. The minimum Gasteiger partial charge on any atom is -0.497 e. The Kier molecular flexibility index (Phi) is 4.86. The van der Waals surface area contributed by atoms with Gasteiger partial charge in [-0.05, 0) is 29.8 Å². The molecule has 24 heavy (non-hydrogen) atoms. The molecule has 1 heterocycles. The van der Waals surface area contributed by atoms with Crippen molar-refractivity contribution in [2.45, 2.75) is 12.6 Å². The largest absolute Gasteiger partial charge is 0.497 e. The third-order valence-corrected chi connectivity index (χ3v) is 3.67. The topological polar surface area (TPSA) is 69.0 Å². The number of nitrogens with zero attached hydrogens (tertiary/aromatic N) is 3. The van der Waals surface area contributed by atoms with Gasteiger partial charge in [-0.25, -0.2) is 0 Å². The van der Waals surface area contributed by atoms with Crippen molar-refractivity contribution in [3.63, 3.8) is 0 Å². The number of nitrogens with one attached hydrogen (secondary N) is 1. The Hall–Kier alpha value is -3.15. The minimum atomic E-state index is -0.229. The summed E-state index contributed by atoms with van der Waals surface area (Å²) < 4.78 is 5.12. The predicted octanol–water partition coefficient (Wildman–Crippen LogP) is 2.46. The molecule has 6 nitrogen and oxygen atoms in total. The average Bonchev–Trinajstić information content (AvgIpc) is 3.15. The van der Waals surface area contributed by atoms with E-state index >= 15 is 0 Å². The van der Waals surface area contributed by atoms with Crippen LogP contribution < -0.4 is 10.1 Å². The molecule has 0 saturated heterocycles. The first kappa shape index (κ1) is 15.7. The Bertz CT molecular complexity index is 771. The molecule has 1 N–H and O–H groups in total. The Labute approximate surface area is 140 Å². The van der Waals surface area contributed by atoms with Crippen molar-refractivity contribution >= 4 is 5.91 Å². The number of benzene rings is 2. The molecule has 0 radical (unpaired) electrons. The number of methoxy groups -OCH3 is 1. The van der Waals surface area contributed by atoms with E-state index in [4.69, 9.17) is 4.74 Å². The zero-order chi connectivity index (χ0) is 16.8. The van der Waals surface area contributed by atoms with Crippen molar-refractivity contribution in [2.24, 2.45) is 0 Å². The molecule has 1 unspecified atom stereocenters. The summed E-state index contributed by atoms with van der Waals surface area (Å²) in [5, 5.41) is 11.3. The molecule has 3 aromatic rings. The highest BCUT2D eigenvalue weighted by molar-refractivity contribution is 5.94. The van der Waals surface area contributed by atoms with Crippen LogP contribution in [-0.2, 0) is 6.54 Å². The highest BCUT2D eigenvalue weighted by Crippen LogP contribution is 2.16. The lowest BCUT2D eigenvalue weighted by molar-refractivity contribution is 0.0930. The molecule has 0 aliphatic heterocycles. The van der Waals surface area contributed by atoms with Crippen LogP contribution in [0.5, 0.6) is 5.75 Å². The van der Waals surface area contributed by atoms with Gasteiger partial charge in [0.15, 0.2) is 0 Å². The van der Waals surface area contributed by atoms with Crippen LogP contribution in [-0.4, -0.2) is 28.0 Å². The Balaban J connectivity index is 1.78. The standard InChI is InChI=1S/C18H18N4O2/c1-24-16-9-7-15(8-10-16)18(23)21-17(13-22-19-11-12-20-22)14-5-3-2-4-6-14/h2-12,17H,13H2,1H3,(H,21,23). The zero-order valence-corrected chi connectivity index (χ0v) is 13.3. The Morgan fingerprint density at radius 1 is 1.08 bits per heavy atom. The molecule has 0 saturated carbocycles. The summed E-state index contributed by atoms with van der Waals surface area (Å²) in [5.74, 6) is 0.561. The second-order valence-electron chi connectivity index (χ2n) is 5.25. The molecule has 1 aromatic heterocycles. The van der Waals surface area contributed by atoms with E-state index in [0.29, 0.717) is 17.9 Å². The fraction of sp³-hybridized carbons (Fsp3) is 0.167. The van der Waals surface area contributed by atoms with Crippen LogP contribution in [0.1, 0.15) is 22.0 Å². The van der Waals surface area contributed by atoms with Crippen LogP contribution in [0, 0.1) is 0 Å². The average molecular weight is 322 g/mol. The van der Waals surface area contributed by atoms with Gasteiger partial charge in [-0.1, -0.05) is 30.3 Å². The number of hydrogen-bond donors (Lipinski definition) is 1. The predicted molar refractivity (Wildman–Crippen MR) is 89.7 cm³/mol. The van der Waals surface area contributed by atoms with Gasteiger partial charge in [-0.15, -0.1) is 0 Å². The number of rotatable bonds is 6. The highest BCUT2D eigenvalue weighted by Gasteiger charge is 2.17. The van der Waals surface area contributed by atoms with Gasteiger partial charge in [0, 0.05) is 5.56 Å². The lowest BCUT2D eigenvalue weighted by atomic mass is 10.1. The van der Waals surface area contributed by atoms with Crippen molar-refractivity contribution < 1.29 is 9.53 Å². The molecule has 1 amide bonds. The van der Waals surface area contributed by atoms with Crippen LogP contribution in [0.2, 0.25) is 0 Å². The first-order valence-electron chi connectivity index (χ1n) is 7.60. The van der Waals surface area contributed by atoms with Crippen LogP contribution in [0.15, 0.2) is 67.0 Å². The van der Waals surface area contributed by atoms with Gasteiger partial charge in [-0.3, -0.25) is 4.79 Å². The summed E-state index contributed by atoms with van der Waals surface area (Å²) in [5.41, 5.74) is 1.57. The SMILES string of the molecule is COc1ccc(C(=O)NC(Cn2nccn2)c2ccccc2)cc1. The van der Waals surface area contributed by atoms with Crippen molar-refractivity contribution in [3.8, 4) is 5.75 Å². The highest BCUT2D eigenvalue weighted by atomic mass is 16.5. The molecule has 3 rings (SSSR count). The van der Waals surface area contributed by atoms with Crippen molar-refractivity contribution in [2.75, 3.05) is 7.11 Å². The van der Waals surface area contributed by atoms with Crippen LogP contribution >= 0.6 is 0 Å². The van der Waals surface area contributed by atoms with Gasteiger partial charge >= 0.3 is 0 Å². The summed E-state index contributed by atoms with van der Waals surface area (Å²) >= 11 is 0. The van der Waals surface area contributed by atoms with E-state index < -0.39 is 0 Å². The Morgan fingerprint density at radius 2 is 1.75 bits per heavy atom. The molecule has 0 spiro atoms. The fourth-order valence-electron chi connectivity index (χ4n) is 2.40. The monoisotopic (exact) mass is 322 g/mol. The molecule has 0 bridgehead atoms.